The third kappa shape index (κ3) is 3.73. The maximum atomic E-state index is 13.0. The minimum Gasteiger partial charge on any atom is -0.493 e. The predicted octanol–water partition coefficient (Wildman–Crippen LogP) is 3.07. The average molecular weight is 358 g/mol. The van der Waals surface area contributed by atoms with Gasteiger partial charge in [0.1, 0.15) is 0 Å². The van der Waals surface area contributed by atoms with Gasteiger partial charge in [0.15, 0.2) is 11.5 Å². The number of rotatable bonds is 6. The molecule has 2 bridgehead atoms. The zero-order valence-electron chi connectivity index (χ0n) is 15.8. The highest BCUT2D eigenvalue weighted by atomic mass is 16.5. The zero-order chi connectivity index (χ0) is 18.7. The van der Waals surface area contributed by atoms with E-state index in [1.54, 1.807) is 26.4 Å². The monoisotopic (exact) mass is 358 g/mol. The number of carbonyl (C=O) groups is 1. The largest absolute Gasteiger partial charge is 0.493 e. The average Bonchev–Trinajstić information content (AvgIpc) is 2.62. The molecule has 5 heteroatoms. The number of amides is 1. The van der Waals surface area contributed by atoms with Crippen molar-refractivity contribution in [3.8, 4) is 11.5 Å². The Morgan fingerprint density at radius 1 is 1.27 bits per heavy atom. The molecule has 1 aromatic carbocycles. The maximum absolute atomic E-state index is 13.0. The van der Waals surface area contributed by atoms with Crippen LogP contribution in [0.15, 0.2) is 24.8 Å². The molecule has 3 rings (SSSR count). The Labute approximate surface area is 155 Å². The number of nitrogens with two attached hydrogens (primary N) is 1. The Kier molecular flexibility index (Phi) is 5.87. The summed E-state index contributed by atoms with van der Waals surface area (Å²) in [6, 6.07) is 4.14. The summed E-state index contributed by atoms with van der Waals surface area (Å²) in [6.07, 6.45) is 7.99. The van der Waals surface area contributed by atoms with Crippen LogP contribution in [0.4, 0.5) is 0 Å². The summed E-state index contributed by atoms with van der Waals surface area (Å²) in [4.78, 5) is 13.0. The molecule has 2 fully saturated rings. The van der Waals surface area contributed by atoms with Crippen molar-refractivity contribution in [2.75, 3.05) is 14.2 Å². The van der Waals surface area contributed by atoms with E-state index in [4.69, 9.17) is 15.2 Å². The summed E-state index contributed by atoms with van der Waals surface area (Å²) in [7, 11) is 3.20. The van der Waals surface area contributed by atoms with Crippen molar-refractivity contribution in [3.05, 3.63) is 35.9 Å². The third-order valence-corrected chi connectivity index (χ3v) is 5.86. The summed E-state index contributed by atoms with van der Waals surface area (Å²) in [6.45, 7) is 3.79. The normalized spacial score (nSPS) is 27.5. The van der Waals surface area contributed by atoms with Gasteiger partial charge in [0.25, 0.3) is 5.91 Å². The van der Waals surface area contributed by atoms with Crippen molar-refractivity contribution in [1.82, 2.24) is 5.32 Å². The first-order valence-corrected chi connectivity index (χ1v) is 9.49. The number of benzene rings is 1. The lowest BCUT2D eigenvalue weighted by Crippen LogP contribution is -2.53. The Morgan fingerprint density at radius 2 is 1.96 bits per heavy atom. The van der Waals surface area contributed by atoms with Crippen LogP contribution in [0.3, 0.4) is 0 Å². The molecule has 1 amide bonds. The summed E-state index contributed by atoms with van der Waals surface area (Å²) < 4.78 is 10.9. The van der Waals surface area contributed by atoms with Crippen molar-refractivity contribution in [1.29, 1.82) is 0 Å². The molecule has 0 aromatic heterocycles. The van der Waals surface area contributed by atoms with Crippen LogP contribution in [0.25, 0.3) is 0 Å². The molecule has 142 valence electrons. The van der Waals surface area contributed by atoms with Crippen LogP contribution in [-0.2, 0) is 6.42 Å². The van der Waals surface area contributed by atoms with E-state index in [-0.39, 0.29) is 18.0 Å². The van der Waals surface area contributed by atoms with Gasteiger partial charge in [-0.05, 0) is 56.1 Å². The minimum atomic E-state index is -0.0476. The van der Waals surface area contributed by atoms with Gasteiger partial charge in [-0.3, -0.25) is 4.79 Å². The van der Waals surface area contributed by atoms with Crippen molar-refractivity contribution < 1.29 is 14.3 Å². The Hall–Kier alpha value is -2.01. The number of fused-ring (bicyclic) bond motifs is 2. The molecule has 0 saturated heterocycles. The second-order valence-corrected chi connectivity index (χ2v) is 7.55. The van der Waals surface area contributed by atoms with E-state index >= 15 is 0 Å². The molecule has 0 heterocycles. The molecule has 0 radical (unpaired) electrons. The number of carbonyl (C=O) groups excluding carboxylic acids is 1. The van der Waals surface area contributed by atoms with Gasteiger partial charge in [-0.15, -0.1) is 6.58 Å². The van der Waals surface area contributed by atoms with Gasteiger partial charge in [0.2, 0.25) is 0 Å². The molecule has 2 aliphatic carbocycles. The van der Waals surface area contributed by atoms with Crippen molar-refractivity contribution in [3.63, 3.8) is 0 Å². The molecule has 26 heavy (non-hydrogen) atoms. The lowest BCUT2D eigenvalue weighted by atomic mass is 9.67. The van der Waals surface area contributed by atoms with Gasteiger partial charge in [-0.1, -0.05) is 12.5 Å². The fourth-order valence-corrected chi connectivity index (χ4v) is 4.74. The van der Waals surface area contributed by atoms with E-state index < -0.39 is 0 Å². The molecule has 0 aliphatic heterocycles. The smallest absolute Gasteiger partial charge is 0.251 e. The second-order valence-electron chi connectivity index (χ2n) is 7.55. The van der Waals surface area contributed by atoms with Crippen LogP contribution in [-0.4, -0.2) is 32.2 Å². The van der Waals surface area contributed by atoms with Crippen LogP contribution in [0.1, 0.15) is 48.0 Å². The van der Waals surface area contributed by atoms with Gasteiger partial charge in [0.05, 0.1) is 14.2 Å². The summed E-state index contributed by atoms with van der Waals surface area (Å²) in [5.74, 6) is 2.17. The van der Waals surface area contributed by atoms with Gasteiger partial charge in [0, 0.05) is 23.2 Å². The topological polar surface area (TPSA) is 73.6 Å². The Balaban J connectivity index is 1.83. The third-order valence-electron chi connectivity index (χ3n) is 5.86. The fourth-order valence-electron chi connectivity index (χ4n) is 4.74. The summed E-state index contributed by atoms with van der Waals surface area (Å²) in [5, 5.41) is 3.30. The molecule has 2 atom stereocenters. The van der Waals surface area contributed by atoms with Crippen LogP contribution in [0.5, 0.6) is 11.5 Å². The van der Waals surface area contributed by atoms with Gasteiger partial charge < -0.3 is 20.5 Å². The molecule has 3 N–H and O–H groups in total. The molecule has 1 aromatic rings. The Bertz CT molecular complexity index is 659. The standard InChI is InChI=1S/C21H30N2O3/c1-4-6-15-9-16(12-18(25-2)20(15)26-3)21(24)23-19-13-7-5-8-14(19)11-17(22)10-13/h4,9,12-14,17,19H,1,5-8,10-11,22H2,2-3H3,(H,23,24). The molecular weight excluding hydrogens is 328 g/mol. The molecule has 2 unspecified atom stereocenters. The first-order valence-electron chi connectivity index (χ1n) is 9.49. The fraction of sp³-hybridized carbons (Fsp3) is 0.571. The molecule has 2 aliphatic rings. The van der Waals surface area contributed by atoms with Crippen LogP contribution in [0, 0.1) is 11.8 Å². The second kappa shape index (κ2) is 8.12. The summed E-state index contributed by atoms with van der Waals surface area (Å²) in [5.41, 5.74) is 7.70. The number of nitrogens with one attached hydrogen (secondary N) is 1. The van der Waals surface area contributed by atoms with Gasteiger partial charge >= 0.3 is 0 Å². The SMILES string of the molecule is C=CCc1cc(C(=O)NC2C3CCCC2CC(N)C3)cc(OC)c1OC. The highest BCUT2D eigenvalue weighted by Gasteiger charge is 2.40. The van der Waals surface area contributed by atoms with Crippen LogP contribution < -0.4 is 20.5 Å². The number of hydrogen-bond donors (Lipinski definition) is 2. The van der Waals surface area contributed by atoms with Crippen LogP contribution in [0.2, 0.25) is 0 Å². The zero-order valence-corrected chi connectivity index (χ0v) is 15.8. The lowest BCUT2D eigenvalue weighted by molar-refractivity contribution is 0.0755. The number of allylic oxidation sites excluding steroid dienone is 1. The molecule has 2 saturated carbocycles. The Morgan fingerprint density at radius 3 is 2.54 bits per heavy atom. The van der Waals surface area contributed by atoms with E-state index in [2.05, 4.69) is 11.9 Å². The van der Waals surface area contributed by atoms with Crippen LogP contribution >= 0.6 is 0 Å². The number of ether oxygens (including phenoxy) is 2. The highest BCUT2D eigenvalue weighted by molar-refractivity contribution is 5.95. The van der Waals surface area contributed by atoms with Gasteiger partial charge in [-0.2, -0.15) is 0 Å². The van der Waals surface area contributed by atoms with E-state index in [0.717, 1.165) is 31.2 Å². The first-order chi connectivity index (χ1) is 12.6. The molecule has 0 spiro atoms. The minimum absolute atomic E-state index is 0.0476. The molecular formula is C21H30N2O3. The predicted molar refractivity (Wildman–Crippen MR) is 103 cm³/mol. The van der Waals surface area contributed by atoms with Crippen molar-refractivity contribution in [2.45, 2.75) is 50.6 Å². The maximum Gasteiger partial charge on any atom is 0.251 e. The van der Waals surface area contributed by atoms with E-state index in [1.807, 2.05) is 6.07 Å². The van der Waals surface area contributed by atoms with Crippen molar-refractivity contribution >= 4 is 5.91 Å². The quantitative estimate of drug-likeness (QED) is 0.767. The number of hydrogen-bond acceptors (Lipinski definition) is 4. The summed E-state index contributed by atoms with van der Waals surface area (Å²) >= 11 is 0. The van der Waals surface area contributed by atoms with E-state index in [0.29, 0.717) is 35.3 Å². The highest BCUT2D eigenvalue weighted by Crippen LogP contribution is 2.40. The van der Waals surface area contributed by atoms with E-state index in [1.165, 1.54) is 6.42 Å². The lowest BCUT2D eigenvalue weighted by Gasteiger charge is -2.45. The molecule has 5 nitrogen and oxygen atoms in total. The van der Waals surface area contributed by atoms with E-state index in [9.17, 15) is 4.79 Å². The van der Waals surface area contributed by atoms with Gasteiger partial charge in [-0.25, -0.2) is 0 Å². The number of methoxy groups -OCH3 is 2. The van der Waals surface area contributed by atoms with Crippen molar-refractivity contribution in [2.24, 2.45) is 17.6 Å². The first kappa shape index (κ1) is 18.8.